The van der Waals surface area contributed by atoms with E-state index in [1.165, 1.54) is 5.56 Å². The van der Waals surface area contributed by atoms with E-state index in [0.29, 0.717) is 12.3 Å². The molecule has 1 aliphatic heterocycles. The molecule has 0 aromatic heterocycles. The number of hydrogen-bond donors (Lipinski definition) is 1. The van der Waals surface area contributed by atoms with Crippen LogP contribution < -0.4 is 10.2 Å². The van der Waals surface area contributed by atoms with Crippen LogP contribution in [0.4, 0.5) is 11.4 Å². The van der Waals surface area contributed by atoms with Crippen LogP contribution in [0.1, 0.15) is 46.1 Å². The van der Waals surface area contributed by atoms with Crippen LogP contribution in [0.2, 0.25) is 0 Å². The van der Waals surface area contributed by atoms with Gasteiger partial charge >= 0.3 is 0 Å². The molecule has 2 amide bonds. The number of rotatable bonds is 4. The van der Waals surface area contributed by atoms with E-state index in [1.54, 1.807) is 0 Å². The van der Waals surface area contributed by atoms with E-state index in [-0.39, 0.29) is 17.7 Å². The Labute approximate surface area is 132 Å². The third-order valence-corrected chi connectivity index (χ3v) is 3.84. The smallest absolute Gasteiger partial charge is 0.229 e. The summed E-state index contributed by atoms with van der Waals surface area (Å²) in [6.45, 7) is 8.65. The van der Waals surface area contributed by atoms with E-state index in [1.807, 2.05) is 50.8 Å². The standard InChI is InChI=1S/C18H26N2O2/c1-12(2)10-17(21)19-15-8-7-14-6-5-9-20(16(14)11-15)18(22)13(3)4/h7-8,11-13H,5-6,9-10H2,1-4H3,(H,19,21). The summed E-state index contributed by atoms with van der Waals surface area (Å²) in [6.07, 6.45) is 2.48. The summed E-state index contributed by atoms with van der Waals surface area (Å²) in [5, 5.41) is 2.94. The molecule has 1 aliphatic rings. The maximum absolute atomic E-state index is 12.4. The molecule has 0 atom stereocenters. The highest BCUT2D eigenvalue weighted by Gasteiger charge is 2.24. The fraction of sp³-hybridized carbons (Fsp3) is 0.556. The first kappa shape index (κ1) is 16.5. The van der Waals surface area contributed by atoms with Gasteiger partial charge in [-0.2, -0.15) is 0 Å². The van der Waals surface area contributed by atoms with Crippen molar-refractivity contribution in [2.45, 2.75) is 47.0 Å². The summed E-state index contributed by atoms with van der Waals surface area (Å²) in [4.78, 5) is 26.2. The highest BCUT2D eigenvalue weighted by atomic mass is 16.2. The van der Waals surface area contributed by atoms with Crippen LogP contribution >= 0.6 is 0 Å². The van der Waals surface area contributed by atoms with Crippen LogP contribution in [0.25, 0.3) is 0 Å². The molecular weight excluding hydrogens is 276 g/mol. The zero-order valence-electron chi connectivity index (χ0n) is 14.0. The molecule has 22 heavy (non-hydrogen) atoms. The molecule has 0 aliphatic carbocycles. The van der Waals surface area contributed by atoms with Crippen molar-refractivity contribution in [1.29, 1.82) is 0 Å². The number of amides is 2. The highest BCUT2D eigenvalue weighted by Crippen LogP contribution is 2.31. The highest BCUT2D eigenvalue weighted by molar-refractivity contribution is 5.97. The maximum Gasteiger partial charge on any atom is 0.229 e. The fourth-order valence-corrected chi connectivity index (χ4v) is 2.78. The van der Waals surface area contributed by atoms with Crippen molar-refractivity contribution in [2.24, 2.45) is 11.8 Å². The summed E-state index contributed by atoms with van der Waals surface area (Å²) >= 11 is 0. The molecule has 0 spiro atoms. The number of hydrogen-bond acceptors (Lipinski definition) is 2. The predicted molar refractivity (Wildman–Crippen MR) is 90.0 cm³/mol. The minimum absolute atomic E-state index is 0.0208. The molecule has 0 radical (unpaired) electrons. The Morgan fingerprint density at radius 3 is 2.59 bits per heavy atom. The van der Waals surface area contributed by atoms with Gasteiger partial charge < -0.3 is 10.2 Å². The van der Waals surface area contributed by atoms with Crippen molar-refractivity contribution >= 4 is 23.2 Å². The molecule has 1 aromatic rings. The predicted octanol–water partition coefficient (Wildman–Crippen LogP) is 3.61. The fourth-order valence-electron chi connectivity index (χ4n) is 2.78. The Hall–Kier alpha value is -1.84. The third kappa shape index (κ3) is 3.87. The third-order valence-electron chi connectivity index (χ3n) is 3.84. The van der Waals surface area contributed by atoms with Gasteiger partial charge in [-0.1, -0.05) is 33.8 Å². The first-order chi connectivity index (χ1) is 10.4. The van der Waals surface area contributed by atoms with Crippen molar-refractivity contribution in [2.75, 3.05) is 16.8 Å². The van der Waals surface area contributed by atoms with Crippen LogP contribution in [0.5, 0.6) is 0 Å². The Bertz CT molecular complexity index is 564. The van der Waals surface area contributed by atoms with E-state index in [4.69, 9.17) is 0 Å². The number of nitrogens with one attached hydrogen (secondary N) is 1. The molecule has 4 nitrogen and oxygen atoms in total. The van der Waals surface area contributed by atoms with Gasteiger partial charge in [-0.05, 0) is 36.5 Å². The molecule has 4 heteroatoms. The van der Waals surface area contributed by atoms with E-state index in [9.17, 15) is 9.59 Å². The normalized spacial score (nSPS) is 14.2. The summed E-state index contributed by atoms with van der Waals surface area (Å²) < 4.78 is 0. The summed E-state index contributed by atoms with van der Waals surface area (Å²) in [7, 11) is 0. The molecule has 0 fully saturated rings. The lowest BCUT2D eigenvalue weighted by Crippen LogP contribution is -2.38. The Morgan fingerprint density at radius 1 is 1.23 bits per heavy atom. The Balaban J connectivity index is 2.22. The lowest BCUT2D eigenvalue weighted by Gasteiger charge is -2.31. The Morgan fingerprint density at radius 2 is 1.95 bits per heavy atom. The topological polar surface area (TPSA) is 49.4 Å². The maximum atomic E-state index is 12.4. The number of aryl methyl sites for hydroxylation is 1. The van der Waals surface area contributed by atoms with E-state index in [0.717, 1.165) is 30.8 Å². The van der Waals surface area contributed by atoms with Crippen LogP contribution in [-0.4, -0.2) is 18.4 Å². The minimum atomic E-state index is -0.0230. The number of fused-ring (bicyclic) bond motifs is 1. The minimum Gasteiger partial charge on any atom is -0.326 e. The molecule has 120 valence electrons. The van der Waals surface area contributed by atoms with Gasteiger partial charge in [0.25, 0.3) is 0 Å². The van der Waals surface area contributed by atoms with E-state index < -0.39 is 0 Å². The largest absolute Gasteiger partial charge is 0.326 e. The molecule has 0 saturated heterocycles. The van der Waals surface area contributed by atoms with Gasteiger partial charge in [0.2, 0.25) is 11.8 Å². The lowest BCUT2D eigenvalue weighted by atomic mass is 9.99. The number of nitrogens with zero attached hydrogens (tertiary/aromatic N) is 1. The van der Waals surface area contributed by atoms with E-state index in [2.05, 4.69) is 5.32 Å². The van der Waals surface area contributed by atoms with Gasteiger partial charge in [-0.3, -0.25) is 9.59 Å². The molecule has 0 unspecified atom stereocenters. The van der Waals surface area contributed by atoms with Crippen molar-refractivity contribution < 1.29 is 9.59 Å². The molecule has 1 heterocycles. The SMILES string of the molecule is CC(C)CC(=O)Nc1ccc2c(c1)N(C(=O)C(C)C)CCC2. The zero-order valence-corrected chi connectivity index (χ0v) is 14.0. The molecule has 0 bridgehead atoms. The second-order valence-corrected chi connectivity index (χ2v) is 6.74. The quantitative estimate of drug-likeness (QED) is 0.923. The molecule has 1 N–H and O–H groups in total. The van der Waals surface area contributed by atoms with Gasteiger partial charge in [0, 0.05) is 30.3 Å². The average molecular weight is 302 g/mol. The number of carbonyl (C=O) groups is 2. The van der Waals surface area contributed by atoms with Crippen LogP contribution in [0.3, 0.4) is 0 Å². The zero-order chi connectivity index (χ0) is 16.3. The van der Waals surface area contributed by atoms with E-state index >= 15 is 0 Å². The molecule has 0 saturated carbocycles. The molecule has 2 rings (SSSR count). The van der Waals surface area contributed by atoms with Gasteiger partial charge in [0.15, 0.2) is 0 Å². The second kappa shape index (κ2) is 6.95. The first-order valence-corrected chi connectivity index (χ1v) is 8.12. The van der Waals surface area contributed by atoms with Crippen molar-refractivity contribution in [3.05, 3.63) is 23.8 Å². The number of benzene rings is 1. The van der Waals surface area contributed by atoms with Gasteiger partial charge in [0.1, 0.15) is 0 Å². The summed E-state index contributed by atoms with van der Waals surface area (Å²) in [5.41, 5.74) is 2.90. The van der Waals surface area contributed by atoms with Crippen LogP contribution in [-0.2, 0) is 16.0 Å². The summed E-state index contributed by atoms with van der Waals surface area (Å²) in [5.74, 6) is 0.473. The van der Waals surface area contributed by atoms with Gasteiger partial charge in [0.05, 0.1) is 0 Å². The lowest BCUT2D eigenvalue weighted by molar-refractivity contribution is -0.121. The van der Waals surface area contributed by atoms with Crippen LogP contribution in [0.15, 0.2) is 18.2 Å². The monoisotopic (exact) mass is 302 g/mol. The molecular formula is C18H26N2O2. The average Bonchev–Trinajstić information content (AvgIpc) is 2.44. The number of anilines is 2. The second-order valence-electron chi connectivity index (χ2n) is 6.74. The van der Waals surface area contributed by atoms with Crippen LogP contribution in [0, 0.1) is 11.8 Å². The van der Waals surface area contributed by atoms with Gasteiger partial charge in [-0.15, -0.1) is 0 Å². The molecule has 1 aromatic carbocycles. The number of carbonyl (C=O) groups excluding carboxylic acids is 2. The Kier molecular flexibility index (Phi) is 5.22. The summed E-state index contributed by atoms with van der Waals surface area (Å²) in [6, 6.07) is 5.90. The van der Waals surface area contributed by atoms with Crippen molar-refractivity contribution in [3.63, 3.8) is 0 Å². The van der Waals surface area contributed by atoms with Gasteiger partial charge in [-0.25, -0.2) is 0 Å². The van der Waals surface area contributed by atoms with Crippen molar-refractivity contribution in [1.82, 2.24) is 0 Å². The van der Waals surface area contributed by atoms with Crippen molar-refractivity contribution in [3.8, 4) is 0 Å². The first-order valence-electron chi connectivity index (χ1n) is 8.12.